The Hall–Kier alpha value is -2.44. The number of nitrogens with one attached hydrogen (secondary N) is 2. The molecule has 7 heteroatoms. The Kier molecular flexibility index (Phi) is 5.19. The third-order valence-electron chi connectivity index (χ3n) is 2.22. The van der Waals surface area contributed by atoms with Crippen molar-refractivity contribution in [2.45, 2.75) is 27.4 Å². The maximum Gasteiger partial charge on any atom is 0.302 e. The lowest BCUT2D eigenvalue weighted by molar-refractivity contribution is -0.142. The Labute approximate surface area is 115 Å². The topological polar surface area (TPSA) is 84.5 Å². The lowest BCUT2D eigenvalue weighted by atomic mass is 10.1. The summed E-state index contributed by atoms with van der Waals surface area (Å²) in [5.74, 6) is -2.09. The molecule has 0 aliphatic rings. The largest absolute Gasteiger partial charge is 0.461 e. The Morgan fingerprint density at radius 3 is 2.20 bits per heavy atom. The number of ether oxygens (including phenoxy) is 1. The minimum atomic E-state index is -0.728. The van der Waals surface area contributed by atoms with E-state index in [9.17, 15) is 18.8 Å². The summed E-state index contributed by atoms with van der Waals surface area (Å²) in [6, 6.07) is 2.50. The summed E-state index contributed by atoms with van der Waals surface area (Å²) in [5.41, 5.74) is 0.387. The van der Waals surface area contributed by atoms with Crippen LogP contribution in [0.2, 0.25) is 0 Å². The molecule has 1 aromatic carbocycles. The van der Waals surface area contributed by atoms with Crippen molar-refractivity contribution in [3.05, 3.63) is 23.5 Å². The fraction of sp³-hybridized carbons (Fsp3) is 0.308. The summed E-state index contributed by atoms with van der Waals surface area (Å²) in [6.45, 7) is 3.52. The van der Waals surface area contributed by atoms with Crippen molar-refractivity contribution < 1.29 is 23.5 Å². The minimum absolute atomic E-state index is 0.0761. The van der Waals surface area contributed by atoms with Gasteiger partial charge >= 0.3 is 5.97 Å². The van der Waals surface area contributed by atoms with Crippen LogP contribution in [0.4, 0.5) is 15.8 Å². The van der Waals surface area contributed by atoms with Gasteiger partial charge in [0.1, 0.15) is 12.4 Å². The Balaban J connectivity index is 3.16. The Morgan fingerprint density at radius 2 is 1.70 bits per heavy atom. The van der Waals surface area contributed by atoms with Gasteiger partial charge in [0, 0.05) is 32.0 Å². The molecule has 0 spiro atoms. The molecule has 0 unspecified atom stereocenters. The number of carbonyl (C=O) groups is 3. The van der Waals surface area contributed by atoms with Crippen molar-refractivity contribution in [2.75, 3.05) is 10.6 Å². The van der Waals surface area contributed by atoms with E-state index < -0.39 is 17.7 Å². The molecule has 1 rings (SSSR count). The molecule has 0 bridgehead atoms. The van der Waals surface area contributed by atoms with Gasteiger partial charge in [-0.05, 0) is 12.1 Å². The van der Waals surface area contributed by atoms with Gasteiger partial charge in [0.2, 0.25) is 11.8 Å². The molecule has 0 aliphatic carbocycles. The van der Waals surface area contributed by atoms with Crippen LogP contribution in [0.15, 0.2) is 12.1 Å². The van der Waals surface area contributed by atoms with Crippen LogP contribution in [-0.4, -0.2) is 17.8 Å². The van der Waals surface area contributed by atoms with Crippen LogP contribution >= 0.6 is 0 Å². The molecule has 0 aromatic heterocycles. The van der Waals surface area contributed by atoms with E-state index in [1.807, 2.05) is 0 Å². The van der Waals surface area contributed by atoms with E-state index in [-0.39, 0.29) is 29.5 Å². The molecule has 0 atom stereocenters. The van der Waals surface area contributed by atoms with Gasteiger partial charge in [-0.25, -0.2) is 4.39 Å². The molecule has 0 saturated carbocycles. The van der Waals surface area contributed by atoms with Crippen LogP contribution in [0.3, 0.4) is 0 Å². The zero-order valence-corrected chi connectivity index (χ0v) is 11.4. The number of hydrogen-bond acceptors (Lipinski definition) is 4. The average molecular weight is 282 g/mol. The second kappa shape index (κ2) is 6.65. The van der Waals surface area contributed by atoms with Crippen molar-refractivity contribution in [2.24, 2.45) is 0 Å². The van der Waals surface area contributed by atoms with Gasteiger partial charge in [-0.3, -0.25) is 14.4 Å². The van der Waals surface area contributed by atoms with Gasteiger partial charge in [0.15, 0.2) is 0 Å². The fourth-order valence-corrected chi connectivity index (χ4v) is 1.55. The highest BCUT2D eigenvalue weighted by Gasteiger charge is 2.14. The van der Waals surface area contributed by atoms with Gasteiger partial charge in [-0.2, -0.15) is 0 Å². The van der Waals surface area contributed by atoms with Crippen molar-refractivity contribution in [3.8, 4) is 0 Å². The number of halogens is 1. The van der Waals surface area contributed by atoms with Gasteiger partial charge in [0.05, 0.1) is 5.69 Å². The van der Waals surface area contributed by atoms with Crippen molar-refractivity contribution in [1.82, 2.24) is 0 Å². The van der Waals surface area contributed by atoms with Crippen molar-refractivity contribution >= 4 is 29.2 Å². The predicted octanol–water partition coefficient (Wildman–Crippen LogP) is 1.81. The van der Waals surface area contributed by atoms with Crippen LogP contribution < -0.4 is 10.6 Å². The molecule has 0 fully saturated rings. The number of carbonyl (C=O) groups excluding carboxylic acids is 3. The lowest BCUT2D eigenvalue weighted by Crippen LogP contribution is -2.13. The third kappa shape index (κ3) is 4.68. The summed E-state index contributed by atoms with van der Waals surface area (Å²) < 4.78 is 18.7. The summed E-state index contributed by atoms with van der Waals surface area (Å²) in [7, 11) is 0. The SMILES string of the molecule is CC(=O)Nc1cc(F)c(NC(C)=O)c(COC(C)=O)c1. The monoisotopic (exact) mass is 282 g/mol. The number of benzene rings is 1. The highest BCUT2D eigenvalue weighted by atomic mass is 19.1. The van der Waals surface area contributed by atoms with Crippen LogP contribution in [0.25, 0.3) is 0 Å². The molecule has 1 aromatic rings. The van der Waals surface area contributed by atoms with E-state index in [4.69, 9.17) is 4.74 Å². The van der Waals surface area contributed by atoms with E-state index in [2.05, 4.69) is 10.6 Å². The van der Waals surface area contributed by atoms with E-state index in [0.29, 0.717) is 0 Å². The van der Waals surface area contributed by atoms with Crippen LogP contribution in [0.1, 0.15) is 26.3 Å². The quantitative estimate of drug-likeness (QED) is 0.825. The van der Waals surface area contributed by atoms with Gasteiger partial charge in [0.25, 0.3) is 0 Å². The summed E-state index contributed by atoms with van der Waals surface area (Å²) >= 11 is 0. The van der Waals surface area contributed by atoms with Crippen molar-refractivity contribution in [3.63, 3.8) is 0 Å². The zero-order valence-electron chi connectivity index (χ0n) is 11.4. The van der Waals surface area contributed by atoms with Gasteiger partial charge in [-0.15, -0.1) is 0 Å². The van der Waals surface area contributed by atoms with Gasteiger partial charge in [-0.1, -0.05) is 0 Å². The van der Waals surface area contributed by atoms with Crippen LogP contribution in [0, 0.1) is 5.82 Å². The Morgan fingerprint density at radius 1 is 1.10 bits per heavy atom. The molecule has 2 N–H and O–H groups in total. The molecule has 2 amide bonds. The molecule has 6 nitrogen and oxygen atoms in total. The van der Waals surface area contributed by atoms with Crippen molar-refractivity contribution in [1.29, 1.82) is 0 Å². The maximum absolute atomic E-state index is 13.9. The molecule has 0 saturated heterocycles. The molecule has 0 heterocycles. The first-order valence-electron chi connectivity index (χ1n) is 5.80. The maximum atomic E-state index is 13.9. The van der Waals surface area contributed by atoms with Crippen LogP contribution in [-0.2, 0) is 25.7 Å². The van der Waals surface area contributed by atoms with E-state index in [1.165, 1.54) is 26.8 Å². The van der Waals surface area contributed by atoms with E-state index in [1.54, 1.807) is 0 Å². The van der Waals surface area contributed by atoms with Crippen LogP contribution in [0.5, 0.6) is 0 Å². The molecule has 0 aliphatic heterocycles. The average Bonchev–Trinajstić information content (AvgIpc) is 2.29. The number of amides is 2. The van der Waals surface area contributed by atoms with E-state index >= 15 is 0 Å². The predicted molar refractivity (Wildman–Crippen MR) is 70.5 cm³/mol. The third-order valence-corrected chi connectivity index (χ3v) is 2.22. The number of hydrogen-bond donors (Lipinski definition) is 2. The molecule has 108 valence electrons. The fourth-order valence-electron chi connectivity index (χ4n) is 1.55. The first-order chi connectivity index (χ1) is 9.29. The number of anilines is 2. The molecule has 0 radical (unpaired) electrons. The summed E-state index contributed by atoms with van der Waals surface area (Å²) in [6.07, 6.45) is 0. The van der Waals surface area contributed by atoms with E-state index in [0.717, 1.165) is 6.07 Å². The standard InChI is InChI=1S/C13H15FN2O4/c1-7(17)15-11-4-10(6-20-9(3)19)13(12(14)5-11)16-8(2)18/h4-5H,6H2,1-3H3,(H,15,17)(H,16,18). The number of rotatable bonds is 4. The Bertz CT molecular complexity index is 558. The van der Waals surface area contributed by atoms with Gasteiger partial charge < -0.3 is 15.4 Å². The molecule has 20 heavy (non-hydrogen) atoms. The molecular formula is C13H15FN2O4. The second-order valence-electron chi connectivity index (χ2n) is 4.13. The number of esters is 1. The summed E-state index contributed by atoms with van der Waals surface area (Å²) in [4.78, 5) is 32.9. The zero-order chi connectivity index (χ0) is 15.3. The first-order valence-corrected chi connectivity index (χ1v) is 5.80. The normalized spacial score (nSPS) is 9.80. The highest BCUT2D eigenvalue weighted by molar-refractivity contribution is 5.92. The first kappa shape index (κ1) is 15.6. The molecular weight excluding hydrogens is 267 g/mol. The highest BCUT2D eigenvalue weighted by Crippen LogP contribution is 2.26. The lowest BCUT2D eigenvalue weighted by Gasteiger charge is -2.13. The minimum Gasteiger partial charge on any atom is -0.461 e. The smallest absolute Gasteiger partial charge is 0.302 e. The summed E-state index contributed by atoms with van der Waals surface area (Å²) in [5, 5.41) is 4.75. The second-order valence-corrected chi connectivity index (χ2v) is 4.13.